The minimum atomic E-state index is 0.749. The number of likely N-dealkylation sites (N-methyl/N-ethyl adjacent to an activating group) is 1. The molecule has 2 aliphatic rings. The van der Waals surface area contributed by atoms with Gasteiger partial charge in [-0.1, -0.05) is 0 Å². The Morgan fingerprint density at radius 1 is 1.25 bits per heavy atom. The molecule has 1 aromatic rings. The van der Waals surface area contributed by atoms with Crippen molar-refractivity contribution in [2.24, 2.45) is 0 Å². The van der Waals surface area contributed by atoms with Crippen LogP contribution in [0.3, 0.4) is 0 Å². The Labute approximate surface area is 122 Å². The van der Waals surface area contributed by atoms with Crippen molar-refractivity contribution in [1.82, 2.24) is 15.2 Å². The minimum absolute atomic E-state index is 0.749. The lowest BCUT2D eigenvalue weighted by Crippen LogP contribution is -2.30. The molecule has 0 atom stereocenters. The van der Waals surface area contributed by atoms with Crippen molar-refractivity contribution >= 4 is 5.69 Å². The van der Waals surface area contributed by atoms with Crippen LogP contribution in [-0.4, -0.2) is 49.2 Å². The van der Waals surface area contributed by atoms with Crippen molar-refractivity contribution < 1.29 is 0 Å². The fourth-order valence-corrected chi connectivity index (χ4v) is 2.83. The standard InChI is InChI=1S/C16H26N4/c1-13-10-16(20-7-3-6-19(2)8-9-20)14(11-17-13)12-18-15-4-5-15/h10-11,15,18H,3-9,12H2,1-2H3. The Morgan fingerprint density at radius 2 is 2.10 bits per heavy atom. The van der Waals surface area contributed by atoms with Crippen LogP contribution >= 0.6 is 0 Å². The maximum absolute atomic E-state index is 4.49. The normalized spacial score (nSPS) is 21.0. The molecule has 0 aromatic carbocycles. The van der Waals surface area contributed by atoms with Crippen molar-refractivity contribution in [2.45, 2.75) is 38.8 Å². The maximum atomic E-state index is 4.49. The van der Waals surface area contributed by atoms with Gasteiger partial charge in [-0.2, -0.15) is 0 Å². The van der Waals surface area contributed by atoms with E-state index in [0.717, 1.165) is 37.9 Å². The minimum Gasteiger partial charge on any atom is -0.370 e. The van der Waals surface area contributed by atoms with Crippen LogP contribution in [0.2, 0.25) is 0 Å². The number of hydrogen-bond acceptors (Lipinski definition) is 4. The highest BCUT2D eigenvalue weighted by molar-refractivity contribution is 5.54. The van der Waals surface area contributed by atoms with Crippen molar-refractivity contribution in [2.75, 3.05) is 38.1 Å². The highest BCUT2D eigenvalue weighted by Gasteiger charge is 2.22. The Morgan fingerprint density at radius 3 is 2.90 bits per heavy atom. The molecule has 1 saturated heterocycles. The number of aryl methyl sites for hydroxylation is 1. The molecule has 1 N–H and O–H groups in total. The average Bonchev–Trinajstić information content (AvgIpc) is 3.25. The molecule has 1 aromatic heterocycles. The number of nitrogens with one attached hydrogen (secondary N) is 1. The molecule has 2 heterocycles. The van der Waals surface area contributed by atoms with Crippen molar-refractivity contribution in [3.05, 3.63) is 23.5 Å². The molecule has 2 fully saturated rings. The number of hydrogen-bond donors (Lipinski definition) is 1. The zero-order valence-electron chi connectivity index (χ0n) is 12.7. The third kappa shape index (κ3) is 3.49. The predicted molar refractivity (Wildman–Crippen MR) is 83.2 cm³/mol. The van der Waals surface area contributed by atoms with E-state index in [1.165, 1.54) is 37.1 Å². The van der Waals surface area contributed by atoms with E-state index >= 15 is 0 Å². The molecular weight excluding hydrogens is 248 g/mol. The van der Waals surface area contributed by atoms with Crippen LogP contribution in [0.5, 0.6) is 0 Å². The second-order valence-corrected chi connectivity index (χ2v) is 6.25. The van der Waals surface area contributed by atoms with Gasteiger partial charge in [-0.15, -0.1) is 0 Å². The monoisotopic (exact) mass is 274 g/mol. The summed E-state index contributed by atoms with van der Waals surface area (Å²) in [4.78, 5) is 9.46. The largest absolute Gasteiger partial charge is 0.370 e. The predicted octanol–water partition coefficient (Wildman–Crippen LogP) is 1.78. The van der Waals surface area contributed by atoms with E-state index in [-0.39, 0.29) is 0 Å². The van der Waals surface area contributed by atoms with Gasteiger partial charge in [0, 0.05) is 55.4 Å². The van der Waals surface area contributed by atoms with Crippen LogP contribution in [0.1, 0.15) is 30.5 Å². The average molecular weight is 274 g/mol. The first-order chi connectivity index (χ1) is 9.72. The van der Waals surface area contributed by atoms with Crippen molar-refractivity contribution in [3.63, 3.8) is 0 Å². The summed E-state index contributed by atoms with van der Waals surface area (Å²) in [7, 11) is 2.22. The molecule has 0 amide bonds. The molecule has 1 aliphatic heterocycles. The summed E-state index contributed by atoms with van der Waals surface area (Å²) >= 11 is 0. The summed E-state index contributed by atoms with van der Waals surface area (Å²) in [5, 5.41) is 3.62. The topological polar surface area (TPSA) is 31.4 Å². The molecular formula is C16H26N4. The molecule has 110 valence electrons. The summed E-state index contributed by atoms with van der Waals surface area (Å²) < 4.78 is 0. The third-order valence-corrected chi connectivity index (χ3v) is 4.32. The van der Waals surface area contributed by atoms with Crippen LogP contribution in [0, 0.1) is 6.92 Å². The zero-order valence-corrected chi connectivity index (χ0v) is 12.7. The van der Waals surface area contributed by atoms with Gasteiger partial charge in [0.1, 0.15) is 0 Å². The fraction of sp³-hybridized carbons (Fsp3) is 0.688. The van der Waals surface area contributed by atoms with Crippen molar-refractivity contribution in [1.29, 1.82) is 0 Å². The summed E-state index contributed by atoms with van der Waals surface area (Å²) in [5.74, 6) is 0. The Kier molecular flexibility index (Phi) is 4.22. The van der Waals surface area contributed by atoms with Gasteiger partial charge in [0.05, 0.1) is 0 Å². The number of aromatic nitrogens is 1. The van der Waals surface area contributed by atoms with Gasteiger partial charge in [-0.3, -0.25) is 4.98 Å². The Balaban J connectivity index is 1.76. The van der Waals surface area contributed by atoms with Gasteiger partial charge in [-0.25, -0.2) is 0 Å². The molecule has 3 rings (SSSR count). The van der Waals surface area contributed by atoms with Gasteiger partial charge >= 0.3 is 0 Å². The van der Waals surface area contributed by atoms with Gasteiger partial charge in [-0.05, 0) is 45.8 Å². The van der Waals surface area contributed by atoms with E-state index in [9.17, 15) is 0 Å². The molecule has 1 aliphatic carbocycles. The van der Waals surface area contributed by atoms with Crippen LogP contribution in [0.15, 0.2) is 12.3 Å². The fourth-order valence-electron chi connectivity index (χ4n) is 2.83. The maximum Gasteiger partial charge on any atom is 0.0446 e. The smallest absolute Gasteiger partial charge is 0.0446 e. The second kappa shape index (κ2) is 6.10. The SMILES string of the molecule is Cc1cc(N2CCCN(C)CC2)c(CNC2CC2)cn1. The lowest BCUT2D eigenvalue weighted by Gasteiger charge is -2.26. The van der Waals surface area contributed by atoms with Crippen LogP contribution in [0.4, 0.5) is 5.69 Å². The Bertz CT molecular complexity index is 456. The van der Waals surface area contributed by atoms with Crippen LogP contribution in [-0.2, 0) is 6.54 Å². The molecule has 4 nitrogen and oxygen atoms in total. The number of pyridine rings is 1. The molecule has 0 bridgehead atoms. The molecule has 0 spiro atoms. The lowest BCUT2D eigenvalue weighted by atomic mass is 10.1. The molecule has 4 heteroatoms. The quantitative estimate of drug-likeness (QED) is 0.907. The van der Waals surface area contributed by atoms with Gasteiger partial charge in [0.2, 0.25) is 0 Å². The van der Waals surface area contributed by atoms with Gasteiger partial charge < -0.3 is 15.1 Å². The summed E-state index contributed by atoms with van der Waals surface area (Å²) in [5.41, 5.74) is 3.86. The Hall–Kier alpha value is -1.13. The van der Waals surface area contributed by atoms with E-state index < -0.39 is 0 Å². The number of anilines is 1. The molecule has 0 unspecified atom stereocenters. The first kappa shape index (κ1) is 13.8. The molecule has 0 radical (unpaired) electrons. The van der Waals surface area contributed by atoms with Crippen molar-refractivity contribution in [3.8, 4) is 0 Å². The van der Waals surface area contributed by atoms with Crippen LogP contribution < -0.4 is 10.2 Å². The highest BCUT2D eigenvalue weighted by Crippen LogP contribution is 2.24. The van der Waals surface area contributed by atoms with E-state index in [4.69, 9.17) is 0 Å². The van der Waals surface area contributed by atoms with Gasteiger partial charge in [0.25, 0.3) is 0 Å². The first-order valence-corrected chi connectivity index (χ1v) is 7.85. The zero-order chi connectivity index (χ0) is 13.9. The van der Waals surface area contributed by atoms with Crippen LogP contribution in [0.25, 0.3) is 0 Å². The molecule has 1 saturated carbocycles. The summed E-state index contributed by atoms with van der Waals surface area (Å²) in [6.07, 6.45) is 5.98. The third-order valence-electron chi connectivity index (χ3n) is 4.32. The first-order valence-electron chi connectivity index (χ1n) is 7.85. The molecule has 20 heavy (non-hydrogen) atoms. The number of rotatable bonds is 4. The lowest BCUT2D eigenvalue weighted by molar-refractivity contribution is 0.360. The highest BCUT2D eigenvalue weighted by atomic mass is 15.2. The van der Waals surface area contributed by atoms with E-state index in [1.54, 1.807) is 0 Å². The van der Waals surface area contributed by atoms with E-state index in [0.29, 0.717) is 0 Å². The van der Waals surface area contributed by atoms with E-state index in [2.05, 4.69) is 46.3 Å². The van der Waals surface area contributed by atoms with Gasteiger partial charge in [0.15, 0.2) is 0 Å². The van der Waals surface area contributed by atoms with E-state index in [1.807, 2.05) is 0 Å². The number of nitrogens with zero attached hydrogens (tertiary/aromatic N) is 3. The second-order valence-electron chi connectivity index (χ2n) is 6.25. The summed E-state index contributed by atoms with van der Waals surface area (Å²) in [6.45, 7) is 7.68. The summed E-state index contributed by atoms with van der Waals surface area (Å²) in [6, 6.07) is 3.01.